The molecule has 0 saturated heterocycles. The Hall–Kier alpha value is -1.92. The number of methoxy groups -OCH3 is 2. The molecule has 0 unspecified atom stereocenters. The Kier molecular flexibility index (Phi) is 8.25. The zero-order valence-corrected chi connectivity index (χ0v) is 17.9. The number of unbranched alkanes of at least 4 members (excludes halogenated alkanes) is 1. The van der Waals surface area contributed by atoms with E-state index in [-0.39, 0.29) is 12.5 Å². The largest absolute Gasteiger partial charge is 0.493 e. The lowest BCUT2D eigenvalue weighted by Crippen LogP contribution is -2.24. The minimum Gasteiger partial charge on any atom is -0.493 e. The first kappa shape index (κ1) is 21.4. The van der Waals surface area contributed by atoms with Gasteiger partial charge in [-0.15, -0.1) is 0 Å². The molecule has 1 N–H and O–H groups in total. The number of carbonyl (C=O) groups excluding carboxylic acids is 1. The molecule has 27 heavy (non-hydrogen) atoms. The minimum atomic E-state index is -0.242. The van der Waals surface area contributed by atoms with Gasteiger partial charge in [0.15, 0.2) is 11.5 Å². The SMILES string of the molecule is CCCCOc1ccc(Br)cc1C(=O)NCc1cc(OC)c(OC)cc1Cl. The monoisotopic (exact) mass is 455 g/mol. The predicted molar refractivity (Wildman–Crippen MR) is 110 cm³/mol. The van der Waals surface area contributed by atoms with Crippen molar-refractivity contribution >= 4 is 33.4 Å². The number of carbonyl (C=O) groups is 1. The lowest BCUT2D eigenvalue weighted by atomic mass is 10.1. The van der Waals surface area contributed by atoms with Crippen molar-refractivity contribution in [2.75, 3.05) is 20.8 Å². The van der Waals surface area contributed by atoms with E-state index in [0.29, 0.717) is 34.4 Å². The van der Waals surface area contributed by atoms with Crippen LogP contribution in [0, 0.1) is 0 Å². The number of hydrogen-bond acceptors (Lipinski definition) is 4. The molecule has 5 nitrogen and oxygen atoms in total. The van der Waals surface area contributed by atoms with E-state index >= 15 is 0 Å². The first-order valence-electron chi connectivity index (χ1n) is 8.61. The van der Waals surface area contributed by atoms with Gasteiger partial charge >= 0.3 is 0 Å². The topological polar surface area (TPSA) is 56.8 Å². The summed E-state index contributed by atoms with van der Waals surface area (Å²) in [5, 5.41) is 3.37. The highest BCUT2D eigenvalue weighted by Gasteiger charge is 2.15. The fourth-order valence-electron chi connectivity index (χ4n) is 2.43. The molecule has 1 amide bonds. The zero-order chi connectivity index (χ0) is 19.8. The van der Waals surface area contributed by atoms with Crippen LogP contribution in [0.1, 0.15) is 35.7 Å². The van der Waals surface area contributed by atoms with Crippen molar-refractivity contribution in [3.63, 3.8) is 0 Å². The maximum atomic E-state index is 12.7. The average molecular weight is 457 g/mol. The predicted octanol–water partition coefficient (Wildman–Crippen LogP) is 5.23. The summed E-state index contributed by atoms with van der Waals surface area (Å²) >= 11 is 9.69. The Morgan fingerprint density at radius 1 is 1.11 bits per heavy atom. The van der Waals surface area contributed by atoms with E-state index in [1.165, 1.54) is 0 Å². The second-order valence-electron chi connectivity index (χ2n) is 5.82. The molecule has 0 aromatic heterocycles. The van der Waals surface area contributed by atoms with E-state index in [9.17, 15) is 4.79 Å². The van der Waals surface area contributed by atoms with Crippen LogP contribution < -0.4 is 19.5 Å². The van der Waals surface area contributed by atoms with Gasteiger partial charge in [-0.3, -0.25) is 4.79 Å². The van der Waals surface area contributed by atoms with Gasteiger partial charge in [0.2, 0.25) is 0 Å². The molecule has 2 rings (SSSR count). The Morgan fingerprint density at radius 3 is 2.48 bits per heavy atom. The van der Waals surface area contributed by atoms with Crippen molar-refractivity contribution in [2.24, 2.45) is 0 Å². The van der Waals surface area contributed by atoms with E-state index in [1.54, 1.807) is 38.5 Å². The summed E-state index contributed by atoms with van der Waals surface area (Å²) in [4.78, 5) is 12.7. The van der Waals surface area contributed by atoms with Crippen molar-refractivity contribution in [3.05, 3.63) is 51.0 Å². The summed E-state index contributed by atoms with van der Waals surface area (Å²) in [6.45, 7) is 2.91. The zero-order valence-electron chi connectivity index (χ0n) is 15.6. The third kappa shape index (κ3) is 5.78. The highest BCUT2D eigenvalue weighted by atomic mass is 79.9. The maximum absolute atomic E-state index is 12.7. The third-order valence-electron chi connectivity index (χ3n) is 3.93. The van der Waals surface area contributed by atoms with Crippen LogP contribution >= 0.6 is 27.5 Å². The lowest BCUT2D eigenvalue weighted by Gasteiger charge is -2.14. The number of ether oxygens (including phenoxy) is 3. The molecular weight excluding hydrogens is 434 g/mol. The second-order valence-corrected chi connectivity index (χ2v) is 7.15. The molecule has 0 aliphatic heterocycles. The van der Waals surface area contributed by atoms with Gasteiger partial charge in [0, 0.05) is 22.1 Å². The number of nitrogens with one attached hydrogen (secondary N) is 1. The lowest BCUT2D eigenvalue weighted by molar-refractivity contribution is 0.0946. The summed E-state index contributed by atoms with van der Waals surface area (Å²) in [6, 6.07) is 8.80. The fourth-order valence-corrected chi connectivity index (χ4v) is 3.02. The average Bonchev–Trinajstić information content (AvgIpc) is 2.67. The molecule has 0 bridgehead atoms. The number of halogens is 2. The van der Waals surface area contributed by atoms with Crippen molar-refractivity contribution in [1.29, 1.82) is 0 Å². The molecule has 146 valence electrons. The normalized spacial score (nSPS) is 10.4. The number of amides is 1. The first-order chi connectivity index (χ1) is 13.0. The Labute approximate surface area is 173 Å². The molecule has 0 aliphatic carbocycles. The molecule has 2 aromatic rings. The van der Waals surface area contributed by atoms with Crippen LogP contribution in [0.15, 0.2) is 34.8 Å². The summed E-state index contributed by atoms with van der Waals surface area (Å²) in [7, 11) is 3.10. The number of rotatable bonds is 9. The van der Waals surface area contributed by atoms with Gasteiger partial charge < -0.3 is 19.5 Å². The molecule has 0 aliphatic rings. The smallest absolute Gasteiger partial charge is 0.255 e. The molecule has 0 atom stereocenters. The van der Waals surface area contributed by atoms with E-state index in [2.05, 4.69) is 28.2 Å². The minimum absolute atomic E-state index is 0.242. The van der Waals surface area contributed by atoms with Crippen LogP contribution in [0.5, 0.6) is 17.2 Å². The van der Waals surface area contributed by atoms with Crippen LogP contribution in [-0.4, -0.2) is 26.7 Å². The summed E-state index contributed by atoms with van der Waals surface area (Å²) in [5.74, 6) is 1.41. The van der Waals surface area contributed by atoms with E-state index < -0.39 is 0 Å². The summed E-state index contributed by atoms with van der Waals surface area (Å²) in [5.41, 5.74) is 1.20. The van der Waals surface area contributed by atoms with Gasteiger partial charge in [0.05, 0.1) is 26.4 Å². The van der Waals surface area contributed by atoms with E-state index in [0.717, 1.165) is 22.9 Å². The Bertz CT molecular complexity index is 798. The standard InChI is InChI=1S/C20H23BrClNO4/c1-4-5-8-27-17-7-6-14(21)10-15(17)20(24)23-12-13-9-18(25-2)19(26-3)11-16(13)22/h6-7,9-11H,4-5,8,12H2,1-3H3,(H,23,24). The van der Waals surface area contributed by atoms with Crippen LogP contribution in [0.4, 0.5) is 0 Å². The molecule has 2 aromatic carbocycles. The van der Waals surface area contributed by atoms with Gasteiger partial charge in [0.25, 0.3) is 5.91 Å². The molecule has 7 heteroatoms. The van der Waals surface area contributed by atoms with Crippen LogP contribution in [0.2, 0.25) is 5.02 Å². The highest BCUT2D eigenvalue weighted by molar-refractivity contribution is 9.10. The van der Waals surface area contributed by atoms with Crippen LogP contribution in [-0.2, 0) is 6.54 Å². The highest BCUT2D eigenvalue weighted by Crippen LogP contribution is 2.33. The first-order valence-corrected chi connectivity index (χ1v) is 9.78. The Morgan fingerprint density at radius 2 is 1.81 bits per heavy atom. The van der Waals surface area contributed by atoms with Gasteiger partial charge in [-0.05, 0) is 36.2 Å². The van der Waals surface area contributed by atoms with Gasteiger partial charge in [-0.25, -0.2) is 0 Å². The summed E-state index contributed by atoms with van der Waals surface area (Å²) < 4.78 is 17.1. The third-order valence-corrected chi connectivity index (χ3v) is 4.78. The maximum Gasteiger partial charge on any atom is 0.255 e. The van der Waals surface area contributed by atoms with Crippen LogP contribution in [0.25, 0.3) is 0 Å². The van der Waals surface area contributed by atoms with Crippen LogP contribution in [0.3, 0.4) is 0 Å². The van der Waals surface area contributed by atoms with Crippen molar-refractivity contribution < 1.29 is 19.0 Å². The number of hydrogen-bond donors (Lipinski definition) is 1. The van der Waals surface area contributed by atoms with Crippen molar-refractivity contribution in [2.45, 2.75) is 26.3 Å². The number of benzene rings is 2. The van der Waals surface area contributed by atoms with E-state index in [4.69, 9.17) is 25.8 Å². The van der Waals surface area contributed by atoms with Gasteiger partial charge in [-0.2, -0.15) is 0 Å². The van der Waals surface area contributed by atoms with Crippen molar-refractivity contribution in [3.8, 4) is 17.2 Å². The quantitative estimate of drug-likeness (QED) is 0.525. The molecule has 0 spiro atoms. The fraction of sp³-hybridized carbons (Fsp3) is 0.350. The molecular formula is C20H23BrClNO4. The summed E-state index contributed by atoms with van der Waals surface area (Å²) in [6.07, 6.45) is 1.95. The molecule has 0 radical (unpaired) electrons. The van der Waals surface area contributed by atoms with Gasteiger partial charge in [-0.1, -0.05) is 40.9 Å². The molecule has 0 heterocycles. The molecule has 0 saturated carbocycles. The molecule has 0 fully saturated rings. The van der Waals surface area contributed by atoms with E-state index in [1.807, 2.05) is 6.07 Å². The van der Waals surface area contributed by atoms with Gasteiger partial charge in [0.1, 0.15) is 5.75 Å². The second kappa shape index (κ2) is 10.4. The Balaban J connectivity index is 2.15. The van der Waals surface area contributed by atoms with Crippen molar-refractivity contribution in [1.82, 2.24) is 5.32 Å².